The van der Waals surface area contributed by atoms with Crippen molar-refractivity contribution in [2.24, 2.45) is 0 Å². The minimum atomic E-state index is -0.324. The Morgan fingerprint density at radius 3 is 2.48 bits per heavy atom. The van der Waals surface area contributed by atoms with Crippen LogP contribution in [0.3, 0.4) is 0 Å². The summed E-state index contributed by atoms with van der Waals surface area (Å²) in [5, 5.41) is 5.63. The summed E-state index contributed by atoms with van der Waals surface area (Å²) >= 11 is 5.06. The van der Waals surface area contributed by atoms with Gasteiger partial charge in [0.1, 0.15) is 5.82 Å². The van der Waals surface area contributed by atoms with Crippen LogP contribution in [-0.2, 0) is 11.2 Å². The molecule has 0 aliphatic heterocycles. The third-order valence-electron chi connectivity index (χ3n) is 2.97. The Morgan fingerprint density at radius 1 is 1.14 bits per heavy atom. The predicted octanol–water partition coefficient (Wildman–Crippen LogP) is 3.19. The van der Waals surface area contributed by atoms with Crippen molar-refractivity contribution in [1.29, 1.82) is 0 Å². The van der Waals surface area contributed by atoms with Crippen molar-refractivity contribution in [2.75, 3.05) is 5.32 Å². The van der Waals surface area contributed by atoms with Crippen LogP contribution in [0.4, 0.5) is 10.1 Å². The highest BCUT2D eigenvalue weighted by atomic mass is 32.1. The molecule has 0 atom stereocenters. The van der Waals surface area contributed by atoms with E-state index in [1.165, 1.54) is 12.1 Å². The molecule has 0 heterocycles. The van der Waals surface area contributed by atoms with E-state index in [4.69, 9.17) is 12.2 Å². The van der Waals surface area contributed by atoms with Gasteiger partial charge in [0, 0.05) is 5.69 Å². The molecule has 1 amide bonds. The van der Waals surface area contributed by atoms with E-state index in [1.807, 2.05) is 31.2 Å². The van der Waals surface area contributed by atoms with E-state index in [-0.39, 0.29) is 23.3 Å². The Balaban J connectivity index is 1.89. The number of halogens is 1. The van der Waals surface area contributed by atoms with Gasteiger partial charge >= 0.3 is 0 Å². The zero-order valence-corrected chi connectivity index (χ0v) is 12.3. The average Bonchev–Trinajstić information content (AvgIpc) is 2.44. The van der Waals surface area contributed by atoms with E-state index in [1.54, 1.807) is 12.1 Å². The van der Waals surface area contributed by atoms with Crippen LogP contribution in [0.5, 0.6) is 0 Å². The van der Waals surface area contributed by atoms with Gasteiger partial charge in [0.05, 0.1) is 6.42 Å². The number of carbonyl (C=O) groups excluding carboxylic acids is 1. The van der Waals surface area contributed by atoms with Gasteiger partial charge < -0.3 is 10.6 Å². The van der Waals surface area contributed by atoms with Crippen molar-refractivity contribution in [2.45, 2.75) is 13.3 Å². The largest absolute Gasteiger partial charge is 0.332 e. The van der Waals surface area contributed by atoms with Crippen LogP contribution in [0.2, 0.25) is 0 Å². The number of aryl methyl sites for hydroxylation is 1. The second-order valence-electron chi connectivity index (χ2n) is 4.61. The summed E-state index contributed by atoms with van der Waals surface area (Å²) in [7, 11) is 0. The standard InChI is InChI=1S/C16H15FN2OS/c1-11-4-2-3-5-12(11)10-15(20)19-16(21)18-14-8-6-13(17)7-9-14/h2-9H,10H2,1H3,(H2,18,19,20,21). The summed E-state index contributed by atoms with van der Waals surface area (Å²) in [4.78, 5) is 11.9. The lowest BCUT2D eigenvalue weighted by atomic mass is 10.1. The van der Waals surface area contributed by atoms with Gasteiger partial charge in [-0.3, -0.25) is 4.79 Å². The van der Waals surface area contributed by atoms with E-state index >= 15 is 0 Å². The van der Waals surface area contributed by atoms with Crippen LogP contribution in [0.1, 0.15) is 11.1 Å². The number of thiocarbonyl (C=S) groups is 1. The van der Waals surface area contributed by atoms with E-state index in [0.717, 1.165) is 11.1 Å². The monoisotopic (exact) mass is 302 g/mol. The molecule has 0 aliphatic rings. The normalized spacial score (nSPS) is 10.0. The Hall–Kier alpha value is -2.27. The quantitative estimate of drug-likeness (QED) is 0.856. The maximum absolute atomic E-state index is 12.8. The maximum Gasteiger partial charge on any atom is 0.230 e. The molecule has 0 saturated carbocycles. The second kappa shape index (κ2) is 6.95. The number of hydrogen-bond donors (Lipinski definition) is 2. The molecule has 2 aromatic carbocycles. The molecule has 0 aliphatic carbocycles. The summed E-state index contributed by atoms with van der Waals surface area (Å²) < 4.78 is 12.8. The SMILES string of the molecule is Cc1ccccc1CC(=O)NC(=S)Nc1ccc(F)cc1. The molecule has 21 heavy (non-hydrogen) atoms. The highest BCUT2D eigenvalue weighted by molar-refractivity contribution is 7.80. The Bertz CT molecular complexity index is 656. The van der Waals surface area contributed by atoms with Gasteiger partial charge in [0.15, 0.2) is 5.11 Å². The molecule has 0 unspecified atom stereocenters. The third kappa shape index (κ3) is 4.65. The molecule has 3 nitrogen and oxygen atoms in total. The molecule has 0 bridgehead atoms. The van der Waals surface area contributed by atoms with Gasteiger partial charge in [-0.1, -0.05) is 24.3 Å². The number of carbonyl (C=O) groups is 1. The number of nitrogens with one attached hydrogen (secondary N) is 2. The summed E-state index contributed by atoms with van der Waals surface area (Å²) in [6.07, 6.45) is 0.262. The Labute approximate surface area is 128 Å². The molecular formula is C16H15FN2OS. The van der Waals surface area contributed by atoms with E-state index in [9.17, 15) is 9.18 Å². The van der Waals surface area contributed by atoms with Gasteiger partial charge in [0.2, 0.25) is 5.91 Å². The van der Waals surface area contributed by atoms with Crippen LogP contribution in [-0.4, -0.2) is 11.0 Å². The minimum Gasteiger partial charge on any atom is -0.332 e. The molecule has 108 valence electrons. The lowest BCUT2D eigenvalue weighted by Crippen LogP contribution is -2.35. The summed E-state index contributed by atoms with van der Waals surface area (Å²) in [5.41, 5.74) is 2.64. The van der Waals surface area contributed by atoms with Gasteiger partial charge in [-0.15, -0.1) is 0 Å². The van der Waals surface area contributed by atoms with E-state index in [2.05, 4.69) is 10.6 Å². The van der Waals surface area contributed by atoms with Crippen LogP contribution < -0.4 is 10.6 Å². The molecule has 0 saturated heterocycles. The van der Waals surface area contributed by atoms with Crippen LogP contribution in [0.25, 0.3) is 0 Å². The fourth-order valence-electron chi connectivity index (χ4n) is 1.85. The molecule has 0 spiro atoms. The average molecular weight is 302 g/mol. The van der Waals surface area contributed by atoms with Crippen molar-refractivity contribution in [3.05, 3.63) is 65.5 Å². The summed E-state index contributed by atoms with van der Waals surface area (Å²) in [6.45, 7) is 1.96. The first kappa shape index (κ1) is 15.1. The molecular weight excluding hydrogens is 287 g/mol. The van der Waals surface area contributed by atoms with Crippen LogP contribution in [0.15, 0.2) is 48.5 Å². The molecule has 0 aromatic heterocycles. The lowest BCUT2D eigenvalue weighted by molar-refractivity contribution is -0.119. The molecule has 0 radical (unpaired) electrons. The molecule has 0 fully saturated rings. The van der Waals surface area contributed by atoms with Gasteiger partial charge in [-0.25, -0.2) is 4.39 Å². The maximum atomic E-state index is 12.8. The summed E-state index contributed by atoms with van der Waals surface area (Å²) in [5.74, 6) is -0.515. The van der Waals surface area contributed by atoms with Gasteiger partial charge in [-0.05, 0) is 54.5 Å². The fourth-order valence-corrected chi connectivity index (χ4v) is 2.08. The highest BCUT2D eigenvalue weighted by Crippen LogP contribution is 2.09. The number of anilines is 1. The molecule has 5 heteroatoms. The van der Waals surface area contributed by atoms with Crippen molar-refractivity contribution in [1.82, 2.24) is 5.32 Å². The molecule has 2 aromatic rings. The number of amides is 1. The van der Waals surface area contributed by atoms with E-state index < -0.39 is 0 Å². The fraction of sp³-hybridized carbons (Fsp3) is 0.125. The van der Waals surface area contributed by atoms with E-state index in [0.29, 0.717) is 5.69 Å². The minimum absolute atomic E-state index is 0.191. The first-order valence-electron chi connectivity index (χ1n) is 6.45. The zero-order valence-electron chi connectivity index (χ0n) is 11.5. The highest BCUT2D eigenvalue weighted by Gasteiger charge is 2.07. The zero-order chi connectivity index (χ0) is 15.2. The Kier molecular flexibility index (Phi) is 5.00. The molecule has 2 rings (SSSR count). The lowest BCUT2D eigenvalue weighted by Gasteiger charge is -2.10. The van der Waals surface area contributed by atoms with Gasteiger partial charge in [0.25, 0.3) is 0 Å². The van der Waals surface area contributed by atoms with Crippen molar-refractivity contribution in [3.8, 4) is 0 Å². The smallest absolute Gasteiger partial charge is 0.230 e. The first-order chi connectivity index (χ1) is 10.0. The molecule has 2 N–H and O–H groups in total. The van der Waals surface area contributed by atoms with Crippen LogP contribution in [0, 0.1) is 12.7 Å². The summed E-state index contributed by atoms with van der Waals surface area (Å²) in [6, 6.07) is 13.4. The number of hydrogen-bond acceptors (Lipinski definition) is 2. The Morgan fingerprint density at radius 2 is 1.81 bits per heavy atom. The van der Waals surface area contributed by atoms with Crippen molar-refractivity contribution in [3.63, 3.8) is 0 Å². The third-order valence-corrected chi connectivity index (χ3v) is 3.17. The van der Waals surface area contributed by atoms with Crippen molar-refractivity contribution < 1.29 is 9.18 Å². The van der Waals surface area contributed by atoms with Crippen LogP contribution >= 0.6 is 12.2 Å². The van der Waals surface area contributed by atoms with Gasteiger partial charge in [-0.2, -0.15) is 0 Å². The second-order valence-corrected chi connectivity index (χ2v) is 5.02. The number of rotatable bonds is 3. The predicted molar refractivity (Wildman–Crippen MR) is 85.6 cm³/mol. The number of benzene rings is 2. The first-order valence-corrected chi connectivity index (χ1v) is 6.86. The topological polar surface area (TPSA) is 41.1 Å². The van der Waals surface area contributed by atoms with Crippen molar-refractivity contribution >= 4 is 28.9 Å².